The summed E-state index contributed by atoms with van der Waals surface area (Å²) in [5.41, 5.74) is 9.97. The first-order valence-corrected chi connectivity index (χ1v) is 49.1. The van der Waals surface area contributed by atoms with Crippen molar-refractivity contribution in [1.82, 2.24) is 0 Å². The van der Waals surface area contributed by atoms with Crippen molar-refractivity contribution in [3.8, 4) is 0 Å². The summed E-state index contributed by atoms with van der Waals surface area (Å²) >= 11 is 0. The molecular formula is C114H206N18. The molecule has 0 heterocycles. The first kappa shape index (κ1) is 143. The van der Waals surface area contributed by atoms with Gasteiger partial charge in [-0.1, -0.05) is 358 Å². The summed E-state index contributed by atoms with van der Waals surface area (Å²) in [7, 11) is 1.64. The zero-order chi connectivity index (χ0) is 104. The summed E-state index contributed by atoms with van der Waals surface area (Å²) in [5, 5.41) is 84.9. The highest BCUT2D eigenvalue weighted by Gasteiger charge is 2.26. The van der Waals surface area contributed by atoms with Gasteiger partial charge in [-0.2, -0.15) is 0 Å². The fraction of sp³-hybridized carbons (Fsp3) is 0.632. The van der Waals surface area contributed by atoms with Crippen LogP contribution in [0, 0.1) is 122 Å². The normalized spacial score (nSPS) is 12.8. The molecule has 0 saturated heterocycles. The van der Waals surface area contributed by atoms with Crippen LogP contribution in [-0.4, -0.2) is 144 Å². The Morgan fingerprint density at radius 1 is 0.439 bits per heavy atom. The highest BCUT2D eigenvalue weighted by Crippen LogP contribution is 2.33. The van der Waals surface area contributed by atoms with Gasteiger partial charge in [-0.05, 0) is 288 Å². The average molecular weight is 1830 g/mol. The van der Waals surface area contributed by atoms with Crippen LogP contribution < -0.4 is 0 Å². The van der Waals surface area contributed by atoms with E-state index in [1.54, 1.807) is 34.0 Å². The molecule has 4 aromatic carbocycles. The lowest BCUT2D eigenvalue weighted by Gasteiger charge is -2.30. The molecule has 12 N–H and O–H groups in total. The van der Waals surface area contributed by atoms with Crippen molar-refractivity contribution in [3.05, 3.63) is 138 Å². The lowest BCUT2D eigenvalue weighted by atomic mass is 9.76. The summed E-state index contributed by atoms with van der Waals surface area (Å²) in [6.07, 6.45) is 45.5. The molecule has 752 valence electrons. The summed E-state index contributed by atoms with van der Waals surface area (Å²) < 4.78 is 0. The molecule has 4 saturated carbocycles. The minimum Gasteiger partial charge on any atom is -0.313 e. The summed E-state index contributed by atoms with van der Waals surface area (Å²) in [6.45, 7) is 77.4. The van der Waals surface area contributed by atoms with Gasteiger partial charge in [-0.15, -0.1) is 0 Å². The summed E-state index contributed by atoms with van der Waals surface area (Å²) in [5.74, 6) is 3.25. The quantitative estimate of drug-likeness (QED) is 0.0291. The van der Waals surface area contributed by atoms with E-state index in [4.69, 9.17) is 64.9 Å². The number of rotatable bonds is 24. The fourth-order valence-corrected chi connectivity index (χ4v) is 11.9. The number of hydrogen-bond acceptors (Lipinski definition) is 18. The number of para-hydroxylation sites is 1. The molecule has 4 aliphatic carbocycles. The lowest BCUT2D eigenvalue weighted by Crippen LogP contribution is -2.26. The Bertz CT molecular complexity index is 3180. The molecule has 0 radical (unpaired) electrons. The van der Waals surface area contributed by atoms with Gasteiger partial charge in [-0.3, -0.25) is 20.4 Å². The van der Waals surface area contributed by atoms with Crippen molar-refractivity contribution >= 4 is 118 Å². The molecule has 132 heavy (non-hydrogen) atoms. The third kappa shape index (κ3) is 123. The molecule has 8 rings (SSSR count). The highest BCUT2D eigenvalue weighted by molar-refractivity contribution is 6.10. The number of aliphatic imine (C=N–C) groups is 6. The third-order valence-corrected chi connectivity index (χ3v) is 18.5. The van der Waals surface area contributed by atoms with Crippen molar-refractivity contribution in [3.63, 3.8) is 0 Å². The van der Waals surface area contributed by atoms with Crippen LogP contribution in [0.5, 0.6) is 0 Å². The van der Waals surface area contributed by atoms with E-state index in [1.807, 2.05) is 149 Å². The molecule has 4 aromatic rings. The zero-order valence-corrected chi connectivity index (χ0v) is 90.2. The molecule has 0 aliphatic heterocycles. The van der Waals surface area contributed by atoms with Gasteiger partial charge >= 0.3 is 0 Å². The minimum atomic E-state index is 0.266. The number of benzene rings is 4. The maximum Gasteiger partial charge on any atom is 0.0684 e. The maximum absolute atomic E-state index is 8.28. The molecule has 18 heteroatoms. The van der Waals surface area contributed by atoms with Crippen LogP contribution >= 0.6 is 0 Å². The van der Waals surface area contributed by atoms with Crippen molar-refractivity contribution in [1.29, 1.82) is 64.9 Å². The van der Waals surface area contributed by atoms with E-state index >= 15 is 0 Å². The van der Waals surface area contributed by atoms with Crippen LogP contribution in [-0.2, 0) is 0 Å². The minimum absolute atomic E-state index is 0.266. The first-order valence-electron chi connectivity index (χ1n) is 49.1. The summed E-state index contributed by atoms with van der Waals surface area (Å²) in [4.78, 5) is 22.0. The standard InChI is InChI=1S/C13H23N.C13H11N.C11H23N.C7H13N.C7H7N.C7H13N.C7H7N.2C7H15N.2C6H13N.4C4H9N.C3H7N.2C2H5N/c2*14-13(11-7-3-1-4-8-11)12-9-5-2-6-10-12;1-10(2,3)7-9(12)8-11(4,5)6;2*1-8-7-5-3-2-4-6-7;2*8-6-7-4-2-1-3-5-7;1-5(2)7(8)6(3)4;1-3-5-7(8)6-4-2;1-6(2,3)5-7-4;1-6(2,3)4-5-7;1-4(2)5-3;1-4(2)3-5;1-3-4-5-2;1-2-3-4-5;1-3(2)4;1-3-2;1-2-3/h11-12,14H,1-10H2;1-10,14H;12H,7-8H2,1-6H3;7H,1-6H2;2-6H,1H2;6-8H,1-5H2;1-6,8H;5-6,8H,1-4H3;8H,3-6H2,1-2H3;4-5H2,1-3H3;5,7H,4H2,1-3H3;4H,3H2,1-2H3;3-5H,1-2H3;2-4H2,1H3;4-5H,2-3H2,1H3;4H,1-2H3;1H2,2H3;2-3H,1H3. The Hall–Kier alpha value is -9.06. The van der Waals surface area contributed by atoms with Gasteiger partial charge < -0.3 is 74.5 Å². The summed E-state index contributed by atoms with van der Waals surface area (Å²) in [6, 6.07) is 39.7. The zero-order valence-electron chi connectivity index (χ0n) is 90.2. The van der Waals surface area contributed by atoms with Crippen molar-refractivity contribution in [2.24, 2.45) is 87.1 Å². The van der Waals surface area contributed by atoms with Crippen LogP contribution in [0.2, 0.25) is 0 Å². The Morgan fingerprint density at radius 2 is 0.773 bits per heavy atom. The van der Waals surface area contributed by atoms with Crippen LogP contribution in [0.15, 0.2) is 151 Å². The SMILES string of the molecule is C=NC.C=NC(C)C.C=NC1CCCCC1.C=NCC(C)(C)C.C=NCCC.C=Nc1ccccc1.CC(C)(C)CC(=N)CC(C)(C)C.CC(C)(C)CC=N.CC(C)=N.CC(C)C(=N)C(C)C.CC(C)C=N.CC=N.CCCC(=N)CCC.CCCC=N.N=C(C1CCCCC1)C1CCCCC1.N=C(c1ccccc1)c1ccccc1.N=CC1CCCCC1.N=Cc1ccccc1. The van der Waals surface area contributed by atoms with Gasteiger partial charge in [0.1, 0.15) is 0 Å². The fourth-order valence-electron chi connectivity index (χ4n) is 11.9. The van der Waals surface area contributed by atoms with Gasteiger partial charge in [-0.25, -0.2) is 0 Å². The molecule has 4 fully saturated rings. The van der Waals surface area contributed by atoms with E-state index in [9.17, 15) is 0 Å². The molecule has 0 bridgehead atoms. The van der Waals surface area contributed by atoms with Crippen LogP contribution in [0.3, 0.4) is 0 Å². The highest BCUT2D eigenvalue weighted by atomic mass is 14.7. The molecule has 4 aliphatic rings. The van der Waals surface area contributed by atoms with Gasteiger partial charge in [0.2, 0.25) is 0 Å². The van der Waals surface area contributed by atoms with Gasteiger partial charge in [0.25, 0.3) is 0 Å². The van der Waals surface area contributed by atoms with E-state index in [1.165, 1.54) is 159 Å². The van der Waals surface area contributed by atoms with E-state index in [2.05, 4.69) is 209 Å². The molecule has 18 nitrogen and oxygen atoms in total. The molecule has 0 unspecified atom stereocenters. The van der Waals surface area contributed by atoms with E-state index in [0.717, 1.165) is 123 Å². The van der Waals surface area contributed by atoms with Crippen LogP contribution in [0.1, 0.15) is 396 Å². The first-order chi connectivity index (χ1) is 62.0. The Labute approximate surface area is 814 Å². The van der Waals surface area contributed by atoms with Gasteiger partial charge in [0.05, 0.1) is 11.4 Å². The molecule has 0 atom stereocenters. The van der Waals surface area contributed by atoms with Crippen molar-refractivity contribution in [2.75, 3.05) is 20.1 Å². The average Bonchev–Trinajstić information content (AvgIpc) is 0.870. The second-order valence-electron chi connectivity index (χ2n) is 39.4. The molecular weight excluding hydrogens is 1620 g/mol. The molecule has 0 amide bonds. The Kier molecular flexibility index (Phi) is 110. The second kappa shape index (κ2) is 101. The Morgan fingerprint density at radius 3 is 0.939 bits per heavy atom. The lowest BCUT2D eigenvalue weighted by molar-refractivity contribution is 0.386. The Balaban J connectivity index is -0.000000151. The number of hydrogen-bond donors (Lipinski definition) is 12. The number of nitrogens with one attached hydrogen (secondary N) is 12. The van der Waals surface area contributed by atoms with Crippen LogP contribution in [0.25, 0.3) is 0 Å². The van der Waals surface area contributed by atoms with E-state index < -0.39 is 0 Å². The third-order valence-electron chi connectivity index (χ3n) is 18.5. The predicted molar refractivity (Wildman–Crippen MR) is 605 cm³/mol. The predicted octanol–water partition coefficient (Wildman–Crippen LogP) is 34.8. The van der Waals surface area contributed by atoms with Crippen molar-refractivity contribution in [2.45, 2.75) is 392 Å². The van der Waals surface area contributed by atoms with Crippen LogP contribution in [0.4, 0.5) is 5.69 Å². The van der Waals surface area contributed by atoms with E-state index in [-0.39, 0.29) is 10.8 Å². The molecule has 0 spiro atoms. The smallest absolute Gasteiger partial charge is 0.0684 e. The molecule has 0 aromatic heterocycles. The van der Waals surface area contributed by atoms with E-state index in [0.29, 0.717) is 69.8 Å². The van der Waals surface area contributed by atoms with Gasteiger partial charge in [0.15, 0.2) is 0 Å². The number of nitrogens with zero attached hydrogens (tertiary/aromatic N) is 6. The maximum atomic E-state index is 8.28. The monoisotopic (exact) mass is 1830 g/mol. The number of unbranched alkanes of at least 4 members (excludes halogenated alkanes) is 1. The topological polar surface area (TPSA) is 360 Å². The van der Waals surface area contributed by atoms with Gasteiger partial charge in [0, 0.05) is 67.0 Å². The van der Waals surface area contributed by atoms with Crippen molar-refractivity contribution < 1.29 is 0 Å². The largest absolute Gasteiger partial charge is 0.313 e. The second-order valence-corrected chi connectivity index (χ2v) is 39.4.